The first-order valence-electron chi connectivity index (χ1n) is 4.38. The summed E-state index contributed by atoms with van der Waals surface area (Å²) in [7, 11) is 1.60. The molecular formula is C11H13ClO2. The quantitative estimate of drug-likeness (QED) is 0.832. The summed E-state index contributed by atoms with van der Waals surface area (Å²) in [5.41, 5.74) is 0.975. The molecule has 14 heavy (non-hydrogen) atoms. The predicted octanol–water partition coefficient (Wildman–Crippen LogP) is 2.74. The summed E-state index contributed by atoms with van der Waals surface area (Å²) in [6.45, 7) is 0.161. The number of halogens is 1. The molecule has 0 saturated carbocycles. The Morgan fingerprint density at radius 3 is 2.86 bits per heavy atom. The highest BCUT2D eigenvalue weighted by Crippen LogP contribution is 2.21. The van der Waals surface area contributed by atoms with E-state index in [2.05, 4.69) is 0 Å². The molecular weight excluding hydrogens is 200 g/mol. The summed E-state index contributed by atoms with van der Waals surface area (Å²) >= 11 is 5.88. The Hall–Kier alpha value is -0.990. The van der Waals surface area contributed by atoms with Gasteiger partial charge in [0, 0.05) is 11.6 Å². The van der Waals surface area contributed by atoms with Crippen molar-refractivity contribution in [1.82, 2.24) is 0 Å². The van der Waals surface area contributed by atoms with Gasteiger partial charge in [0.1, 0.15) is 5.75 Å². The molecule has 0 radical (unpaired) electrons. The van der Waals surface area contributed by atoms with Crippen LogP contribution in [0.1, 0.15) is 12.0 Å². The van der Waals surface area contributed by atoms with E-state index in [-0.39, 0.29) is 6.61 Å². The summed E-state index contributed by atoms with van der Waals surface area (Å²) in [6, 6.07) is 5.49. The summed E-state index contributed by atoms with van der Waals surface area (Å²) in [6.07, 6.45) is 4.45. The van der Waals surface area contributed by atoms with Gasteiger partial charge in [-0.1, -0.05) is 23.8 Å². The van der Waals surface area contributed by atoms with Gasteiger partial charge >= 0.3 is 0 Å². The zero-order valence-electron chi connectivity index (χ0n) is 8.03. The third-order valence-electron chi connectivity index (χ3n) is 1.74. The molecule has 1 rings (SSSR count). The number of aliphatic hydroxyl groups excluding tert-OH is 1. The molecule has 0 aliphatic heterocycles. The number of hydrogen-bond acceptors (Lipinski definition) is 2. The van der Waals surface area contributed by atoms with Crippen LogP contribution in [0.5, 0.6) is 5.75 Å². The van der Waals surface area contributed by atoms with Crippen molar-refractivity contribution in [1.29, 1.82) is 0 Å². The van der Waals surface area contributed by atoms with Crippen molar-refractivity contribution in [3.05, 3.63) is 34.9 Å². The van der Waals surface area contributed by atoms with Crippen LogP contribution >= 0.6 is 11.6 Å². The second-order valence-electron chi connectivity index (χ2n) is 2.84. The molecule has 76 valence electrons. The van der Waals surface area contributed by atoms with Crippen LogP contribution in [-0.2, 0) is 0 Å². The van der Waals surface area contributed by atoms with Gasteiger partial charge in [0.05, 0.1) is 7.11 Å². The lowest BCUT2D eigenvalue weighted by molar-refractivity contribution is 0.303. The summed E-state index contributed by atoms with van der Waals surface area (Å²) in [4.78, 5) is 0. The standard InChI is InChI=1S/C11H13ClO2/c1-14-11-7-9(4-2-3-5-13)6-10(12)8-11/h2,4,6-8,13H,3,5H2,1H3. The normalized spacial score (nSPS) is 10.8. The highest BCUT2D eigenvalue weighted by Gasteiger charge is 1.96. The van der Waals surface area contributed by atoms with Crippen LogP contribution in [0.4, 0.5) is 0 Å². The van der Waals surface area contributed by atoms with E-state index in [9.17, 15) is 0 Å². The van der Waals surface area contributed by atoms with Crippen molar-refractivity contribution in [2.45, 2.75) is 6.42 Å². The minimum absolute atomic E-state index is 0.161. The van der Waals surface area contributed by atoms with Gasteiger partial charge in [-0.15, -0.1) is 0 Å². The minimum Gasteiger partial charge on any atom is -0.497 e. The topological polar surface area (TPSA) is 29.5 Å². The molecule has 2 nitrogen and oxygen atoms in total. The van der Waals surface area contributed by atoms with E-state index in [1.165, 1.54) is 0 Å². The molecule has 1 aromatic rings. The van der Waals surface area contributed by atoms with Gasteiger partial charge in [0.25, 0.3) is 0 Å². The SMILES string of the molecule is COc1cc(Cl)cc(C=CCCO)c1. The maximum atomic E-state index is 8.60. The van der Waals surface area contributed by atoms with Gasteiger partial charge in [0.2, 0.25) is 0 Å². The van der Waals surface area contributed by atoms with E-state index in [0.29, 0.717) is 11.4 Å². The van der Waals surface area contributed by atoms with Crippen LogP contribution in [-0.4, -0.2) is 18.8 Å². The highest BCUT2D eigenvalue weighted by molar-refractivity contribution is 6.30. The van der Waals surface area contributed by atoms with Crippen molar-refractivity contribution in [2.24, 2.45) is 0 Å². The second-order valence-corrected chi connectivity index (χ2v) is 3.28. The number of ether oxygens (including phenoxy) is 1. The highest BCUT2D eigenvalue weighted by atomic mass is 35.5. The maximum Gasteiger partial charge on any atom is 0.120 e. The number of aliphatic hydroxyl groups is 1. The fourth-order valence-electron chi connectivity index (χ4n) is 1.09. The number of hydrogen-bond donors (Lipinski definition) is 1. The second kappa shape index (κ2) is 5.68. The average Bonchev–Trinajstić information content (AvgIpc) is 2.17. The molecule has 0 aliphatic carbocycles. The minimum atomic E-state index is 0.161. The lowest BCUT2D eigenvalue weighted by Crippen LogP contribution is -1.83. The van der Waals surface area contributed by atoms with Crippen LogP contribution in [0.25, 0.3) is 6.08 Å². The fourth-order valence-corrected chi connectivity index (χ4v) is 1.33. The zero-order valence-corrected chi connectivity index (χ0v) is 8.79. The molecule has 1 N–H and O–H groups in total. The van der Waals surface area contributed by atoms with Crippen molar-refractivity contribution < 1.29 is 9.84 Å². The van der Waals surface area contributed by atoms with Gasteiger partial charge in [0.15, 0.2) is 0 Å². The third kappa shape index (κ3) is 3.40. The first kappa shape index (κ1) is 11.1. The van der Waals surface area contributed by atoms with Crippen LogP contribution in [0, 0.1) is 0 Å². The Labute approximate surface area is 88.8 Å². The van der Waals surface area contributed by atoms with Crippen molar-refractivity contribution in [3.63, 3.8) is 0 Å². The van der Waals surface area contributed by atoms with Crippen LogP contribution in [0.2, 0.25) is 5.02 Å². The maximum absolute atomic E-state index is 8.60. The molecule has 0 atom stereocenters. The molecule has 0 fully saturated rings. The first-order valence-corrected chi connectivity index (χ1v) is 4.76. The fraction of sp³-hybridized carbons (Fsp3) is 0.273. The Bertz CT molecular complexity index is 321. The van der Waals surface area contributed by atoms with Crippen molar-refractivity contribution >= 4 is 17.7 Å². The van der Waals surface area contributed by atoms with E-state index in [1.807, 2.05) is 24.3 Å². The van der Waals surface area contributed by atoms with Gasteiger partial charge in [-0.05, 0) is 30.2 Å². The molecule has 0 bridgehead atoms. The molecule has 0 saturated heterocycles. The Balaban J connectivity index is 2.81. The summed E-state index contributed by atoms with van der Waals surface area (Å²) in [5.74, 6) is 0.737. The van der Waals surface area contributed by atoms with Crippen LogP contribution in [0.15, 0.2) is 24.3 Å². The molecule has 0 spiro atoms. The van der Waals surface area contributed by atoms with Gasteiger partial charge in [-0.25, -0.2) is 0 Å². The molecule has 0 unspecified atom stereocenters. The van der Waals surface area contributed by atoms with Gasteiger partial charge < -0.3 is 9.84 Å². The largest absolute Gasteiger partial charge is 0.497 e. The van der Waals surface area contributed by atoms with Crippen LogP contribution in [0.3, 0.4) is 0 Å². The predicted molar refractivity (Wildman–Crippen MR) is 58.7 cm³/mol. The van der Waals surface area contributed by atoms with Crippen molar-refractivity contribution in [2.75, 3.05) is 13.7 Å². The molecule has 0 aliphatic rings. The molecule has 1 aromatic carbocycles. The first-order chi connectivity index (χ1) is 6.76. The van der Waals surface area contributed by atoms with E-state index in [0.717, 1.165) is 11.3 Å². The molecule has 0 aromatic heterocycles. The Morgan fingerprint density at radius 1 is 1.43 bits per heavy atom. The number of rotatable bonds is 4. The third-order valence-corrected chi connectivity index (χ3v) is 1.95. The van der Waals surface area contributed by atoms with E-state index >= 15 is 0 Å². The van der Waals surface area contributed by atoms with Gasteiger partial charge in [-0.3, -0.25) is 0 Å². The lowest BCUT2D eigenvalue weighted by Gasteiger charge is -2.02. The summed E-state index contributed by atoms with van der Waals surface area (Å²) < 4.78 is 5.07. The molecule has 0 amide bonds. The zero-order chi connectivity index (χ0) is 10.4. The van der Waals surface area contributed by atoms with E-state index < -0.39 is 0 Å². The van der Waals surface area contributed by atoms with Crippen molar-refractivity contribution in [3.8, 4) is 5.75 Å². The lowest BCUT2D eigenvalue weighted by atomic mass is 10.2. The average molecular weight is 213 g/mol. The Morgan fingerprint density at radius 2 is 2.21 bits per heavy atom. The van der Waals surface area contributed by atoms with Gasteiger partial charge in [-0.2, -0.15) is 0 Å². The smallest absolute Gasteiger partial charge is 0.120 e. The molecule has 0 heterocycles. The number of methoxy groups -OCH3 is 1. The Kier molecular flexibility index (Phi) is 4.50. The summed E-state index contributed by atoms with van der Waals surface area (Å²) in [5, 5.41) is 9.24. The molecule has 3 heteroatoms. The monoisotopic (exact) mass is 212 g/mol. The van der Waals surface area contributed by atoms with E-state index in [1.54, 1.807) is 13.2 Å². The number of benzene rings is 1. The van der Waals surface area contributed by atoms with Crippen LogP contribution < -0.4 is 4.74 Å². The van der Waals surface area contributed by atoms with E-state index in [4.69, 9.17) is 21.4 Å².